The Kier molecular flexibility index (Phi) is 15.1. The summed E-state index contributed by atoms with van der Waals surface area (Å²) >= 11 is -0.873. The molecule has 1 aromatic carbocycles. The van der Waals surface area contributed by atoms with Crippen molar-refractivity contribution in [3.63, 3.8) is 0 Å². The minimum atomic E-state index is -2.48. The van der Waals surface area contributed by atoms with Crippen LogP contribution in [0, 0.1) is 5.92 Å². The second kappa shape index (κ2) is 17.2. The molecule has 0 spiro atoms. The predicted molar refractivity (Wildman–Crippen MR) is 159 cm³/mol. The Bertz CT molecular complexity index is 974. The molecule has 0 saturated heterocycles. The molecule has 1 saturated carbocycles. The number of ether oxygens (including phenoxy) is 2. The predicted octanol–water partition coefficient (Wildman–Crippen LogP) is 6.86. The average Bonchev–Trinajstić information content (AvgIpc) is 3.36. The molecule has 1 aliphatic carbocycles. The molecule has 3 N–H and O–H groups in total. The number of benzene rings is 1. The van der Waals surface area contributed by atoms with Gasteiger partial charge in [-0.15, -0.1) is 13.2 Å². The third-order valence-corrected chi connectivity index (χ3v) is 7.58. The zero-order valence-electron chi connectivity index (χ0n) is 23.2. The Morgan fingerprint density at radius 3 is 2.21 bits per heavy atom. The first-order valence-corrected chi connectivity index (χ1v) is 14.9. The normalized spacial score (nSPS) is 21.0. The molecule has 1 aromatic rings. The van der Waals surface area contributed by atoms with Crippen molar-refractivity contribution in [1.29, 1.82) is 0 Å². The van der Waals surface area contributed by atoms with E-state index in [4.69, 9.17) is 9.47 Å². The van der Waals surface area contributed by atoms with Gasteiger partial charge in [0.05, 0.1) is 17.6 Å². The maximum atomic E-state index is 11.9. The number of amides is 2. The molecule has 0 radical (unpaired) electrons. The molecule has 9 nitrogen and oxygen atoms in total. The maximum Gasteiger partial charge on any atom is 0.411 e. The van der Waals surface area contributed by atoms with Crippen molar-refractivity contribution < 1.29 is 30.7 Å². The number of carbonyl (C=O) groups is 2. The van der Waals surface area contributed by atoms with E-state index in [1.54, 1.807) is 37.7 Å². The van der Waals surface area contributed by atoms with Gasteiger partial charge in [-0.1, -0.05) is 31.7 Å². The van der Waals surface area contributed by atoms with Gasteiger partial charge in [-0.05, 0) is 82.5 Å². The lowest BCUT2D eigenvalue weighted by Gasteiger charge is -2.32. The van der Waals surface area contributed by atoms with E-state index >= 15 is 0 Å². The van der Waals surface area contributed by atoms with Gasteiger partial charge < -0.3 is 24.7 Å². The van der Waals surface area contributed by atoms with Crippen molar-refractivity contribution in [3.05, 3.63) is 43.1 Å². The van der Waals surface area contributed by atoms with E-state index in [-0.39, 0.29) is 37.5 Å². The minimum absolute atomic E-state index is 0. The van der Waals surface area contributed by atoms with Crippen LogP contribution in [0.1, 0.15) is 75.6 Å². The second-order valence-electron chi connectivity index (χ2n) is 8.95. The zero-order chi connectivity index (χ0) is 28.8. The number of hydrogen-bond donors (Lipinski definition) is 3. The summed E-state index contributed by atoms with van der Waals surface area (Å²) < 4.78 is 34.1. The van der Waals surface area contributed by atoms with Gasteiger partial charge in [0.25, 0.3) is 0 Å². The molecule has 1 aliphatic heterocycles. The van der Waals surface area contributed by atoms with Crippen LogP contribution in [0.4, 0.5) is 15.3 Å². The van der Waals surface area contributed by atoms with Crippen LogP contribution in [0.3, 0.4) is 0 Å². The summed E-state index contributed by atoms with van der Waals surface area (Å²) in [6.45, 7) is 17.1. The third-order valence-electron chi connectivity index (χ3n) is 5.51. The van der Waals surface area contributed by atoms with Crippen LogP contribution in [0.15, 0.2) is 42.5 Å². The topological polar surface area (TPSA) is 129 Å². The molecule has 3 rings (SSSR count). The molecule has 2 amide bonds. The molecule has 2 atom stereocenters. The fraction of sp³-hybridized carbons (Fsp3) is 0.556. The van der Waals surface area contributed by atoms with Gasteiger partial charge in [-0.3, -0.25) is 9.53 Å². The van der Waals surface area contributed by atoms with Crippen LogP contribution >= 0.6 is 11.8 Å². The van der Waals surface area contributed by atoms with Crippen LogP contribution in [-0.4, -0.2) is 44.6 Å². The summed E-state index contributed by atoms with van der Waals surface area (Å²) in [4.78, 5) is 24.6. The van der Waals surface area contributed by atoms with Crippen LogP contribution < -0.4 is 16.0 Å². The molecule has 2 unspecified atom stereocenters. The van der Waals surface area contributed by atoms with E-state index in [1.807, 2.05) is 33.9 Å². The van der Waals surface area contributed by atoms with Crippen LogP contribution in [-0.2, 0) is 20.6 Å². The van der Waals surface area contributed by atoms with E-state index in [1.165, 1.54) is 6.07 Å². The number of thioether (sulfide) groups is 1. The van der Waals surface area contributed by atoms with Gasteiger partial charge in [-0.2, -0.15) is 0 Å². The highest BCUT2D eigenvalue weighted by Gasteiger charge is 2.32. The molecule has 0 bridgehead atoms. The SMILES string of the molecule is C=C.CC.CC(C)OC(=O)Nc1ccc(C2=CNC(C3CCC(NC(=O)OC(C)C)CC3)S2)c(S(=O)[O-])c1.[HH].[HH]. The van der Waals surface area contributed by atoms with Crippen molar-refractivity contribution in [1.82, 2.24) is 10.6 Å². The minimum Gasteiger partial charge on any atom is -0.768 e. The van der Waals surface area contributed by atoms with Gasteiger partial charge >= 0.3 is 12.2 Å². The first-order chi connectivity index (χ1) is 18.1. The molecule has 1 heterocycles. The first-order valence-electron chi connectivity index (χ1n) is 12.9. The zero-order valence-corrected chi connectivity index (χ0v) is 24.8. The van der Waals surface area contributed by atoms with Crippen molar-refractivity contribution in [2.45, 2.75) is 95.7 Å². The molecule has 2 aliphatic rings. The highest BCUT2D eigenvalue weighted by atomic mass is 32.2. The molecule has 11 heteroatoms. The molecule has 218 valence electrons. The molecular formula is C27H46N3O6S2-. The van der Waals surface area contributed by atoms with Gasteiger partial charge in [-0.25, -0.2) is 9.59 Å². The number of alkyl carbamates (subject to hydrolysis) is 1. The van der Waals surface area contributed by atoms with E-state index in [0.29, 0.717) is 17.2 Å². The number of anilines is 1. The quantitative estimate of drug-likeness (QED) is 0.239. The lowest BCUT2D eigenvalue weighted by Crippen LogP contribution is -2.41. The standard InChI is InChI=1S/C23H33N3O6S2.C2H6.C2H4.2H2/c1-13(2)31-22(27)25-16-7-5-15(6-8-16)21-24-12-19(33-21)18-10-9-17(11-20(18)34(29)30)26-23(28)32-14(3)4;2*1-2;;/h9-16,21,24H,5-8H2,1-4H3,(H,25,27)(H,26,28)(H,29,30);1-2H3;1-2H2;2*1H/p-1. The Balaban J connectivity index is 0. The number of carbonyl (C=O) groups excluding carboxylic acids is 2. The van der Waals surface area contributed by atoms with Crippen molar-refractivity contribution >= 4 is 45.6 Å². The largest absolute Gasteiger partial charge is 0.768 e. The molecule has 1 fully saturated rings. The highest BCUT2D eigenvalue weighted by molar-refractivity contribution is 8.09. The summed E-state index contributed by atoms with van der Waals surface area (Å²) in [5.41, 5.74) is 0.936. The van der Waals surface area contributed by atoms with Gasteiger partial charge in [0.15, 0.2) is 0 Å². The van der Waals surface area contributed by atoms with Gasteiger partial charge in [0.2, 0.25) is 0 Å². The fourth-order valence-corrected chi connectivity index (χ4v) is 5.98. The Hall–Kier alpha value is -2.50. The molecule has 0 aromatic heterocycles. The Morgan fingerprint density at radius 2 is 1.66 bits per heavy atom. The molecule has 38 heavy (non-hydrogen) atoms. The van der Waals surface area contributed by atoms with Crippen LogP contribution in [0.25, 0.3) is 4.91 Å². The van der Waals surface area contributed by atoms with Gasteiger partial charge in [0, 0.05) is 36.1 Å². The average molecular weight is 573 g/mol. The summed E-state index contributed by atoms with van der Waals surface area (Å²) in [5.74, 6) is 0.394. The summed E-state index contributed by atoms with van der Waals surface area (Å²) in [5, 5.41) is 9.01. The smallest absolute Gasteiger partial charge is 0.411 e. The Morgan fingerprint density at radius 1 is 1.08 bits per heavy atom. The number of nitrogens with one attached hydrogen (secondary N) is 3. The lowest BCUT2D eigenvalue weighted by atomic mass is 9.86. The highest BCUT2D eigenvalue weighted by Crippen LogP contribution is 2.43. The van der Waals surface area contributed by atoms with Crippen molar-refractivity contribution in [2.75, 3.05) is 5.32 Å². The van der Waals surface area contributed by atoms with Crippen molar-refractivity contribution in [3.8, 4) is 0 Å². The van der Waals surface area contributed by atoms with E-state index < -0.39 is 17.2 Å². The summed E-state index contributed by atoms with van der Waals surface area (Å²) in [6.07, 6.45) is 4.05. The molecular weight excluding hydrogens is 526 g/mol. The Labute approximate surface area is 236 Å². The number of rotatable bonds is 7. The fourth-order valence-electron chi connectivity index (χ4n) is 4.02. The van der Waals surface area contributed by atoms with E-state index in [0.717, 1.165) is 30.6 Å². The van der Waals surface area contributed by atoms with Crippen LogP contribution in [0.2, 0.25) is 0 Å². The second-order valence-corrected chi connectivity index (χ2v) is 11.0. The maximum absolute atomic E-state index is 11.9. The monoisotopic (exact) mass is 572 g/mol. The van der Waals surface area contributed by atoms with E-state index in [2.05, 4.69) is 29.1 Å². The first kappa shape index (κ1) is 33.5. The number of hydrogen-bond acceptors (Lipinski definition) is 8. The lowest BCUT2D eigenvalue weighted by molar-refractivity contribution is 0.108. The van der Waals surface area contributed by atoms with Crippen LogP contribution in [0.5, 0.6) is 0 Å². The van der Waals surface area contributed by atoms with Crippen molar-refractivity contribution in [2.24, 2.45) is 5.92 Å². The van der Waals surface area contributed by atoms with Gasteiger partial charge in [0.1, 0.15) is 0 Å². The summed E-state index contributed by atoms with van der Waals surface area (Å²) in [7, 11) is 0. The summed E-state index contributed by atoms with van der Waals surface area (Å²) in [6, 6.07) is 4.90. The van der Waals surface area contributed by atoms with E-state index in [9.17, 15) is 18.4 Å². The third kappa shape index (κ3) is 10.7.